The van der Waals surface area contributed by atoms with Crippen molar-refractivity contribution < 1.29 is 27.4 Å². The van der Waals surface area contributed by atoms with Crippen molar-refractivity contribution >= 4 is 15.9 Å². The van der Waals surface area contributed by atoms with Gasteiger partial charge in [0.15, 0.2) is 11.5 Å². The Kier molecular flexibility index (Phi) is 8.35. The maximum Gasteiger partial charge on any atom is 0.240 e. The Morgan fingerprint density at radius 3 is 2.67 bits per heavy atom. The molecule has 1 aromatic rings. The average Bonchev–Trinajstić information content (AvgIpc) is 3.27. The second-order valence-electron chi connectivity index (χ2n) is 7.58. The van der Waals surface area contributed by atoms with E-state index >= 15 is 0 Å². The van der Waals surface area contributed by atoms with Crippen molar-refractivity contribution in [2.75, 3.05) is 39.5 Å². The van der Waals surface area contributed by atoms with Gasteiger partial charge < -0.3 is 19.1 Å². The maximum atomic E-state index is 12.5. The summed E-state index contributed by atoms with van der Waals surface area (Å²) in [6, 6.07) is 4.62. The number of ether oxygens (including phenoxy) is 3. The molecular weight excluding hydrogens is 408 g/mol. The van der Waals surface area contributed by atoms with Gasteiger partial charge in [-0.1, -0.05) is 6.42 Å². The number of sulfonamides is 1. The summed E-state index contributed by atoms with van der Waals surface area (Å²) in [4.78, 5) is 14.4. The fourth-order valence-corrected chi connectivity index (χ4v) is 4.75. The van der Waals surface area contributed by atoms with Crippen LogP contribution in [0.25, 0.3) is 0 Å². The van der Waals surface area contributed by atoms with Crippen LogP contribution in [0.2, 0.25) is 0 Å². The van der Waals surface area contributed by atoms with Gasteiger partial charge in [-0.05, 0) is 44.7 Å². The van der Waals surface area contributed by atoms with Crippen molar-refractivity contribution in [3.63, 3.8) is 0 Å². The summed E-state index contributed by atoms with van der Waals surface area (Å²) < 4.78 is 44.0. The van der Waals surface area contributed by atoms with Crippen molar-refractivity contribution in [3.8, 4) is 11.5 Å². The van der Waals surface area contributed by atoms with Gasteiger partial charge >= 0.3 is 0 Å². The Bertz CT molecular complexity index is 808. The number of nitrogens with one attached hydrogen (secondary N) is 1. The molecule has 168 valence electrons. The monoisotopic (exact) mass is 440 g/mol. The summed E-state index contributed by atoms with van der Waals surface area (Å²) in [6.45, 7) is 5.34. The first-order chi connectivity index (χ1) is 14.5. The highest BCUT2D eigenvalue weighted by Gasteiger charge is 2.21. The molecule has 9 heteroatoms. The Labute approximate surface area is 178 Å². The van der Waals surface area contributed by atoms with E-state index in [1.807, 2.05) is 11.8 Å². The van der Waals surface area contributed by atoms with Gasteiger partial charge in [0.05, 0.1) is 11.0 Å². The van der Waals surface area contributed by atoms with Crippen LogP contribution in [0.4, 0.5) is 0 Å². The van der Waals surface area contributed by atoms with E-state index in [1.165, 1.54) is 12.1 Å². The van der Waals surface area contributed by atoms with Gasteiger partial charge in [-0.25, -0.2) is 13.1 Å². The number of carbonyl (C=O) groups excluding carboxylic acids is 1. The number of amides is 1. The predicted octanol–water partition coefficient (Wildman–Crippen LogP) is 2.32. The normalized spacial score (nSPS) is 18.4. The zero-order valence-electron chi connectivity index (χ0n) is 17.6. The van der Waals surface area contributed by atoms with E-state index < -0.39 is 10.0 Å². The molecule has 1 fully saturated rings. The van der Waals surface area contributed by atoms with Crippen molar-refractivity contribution in [1.29, 1.82) is 0 Å². The Balaban J connectivity index is 1.35. The number of fused-ring (bicyclic) bond motifs is 1. The summed E-state index contributed by atoms with van der Waals surface area (Å²) >= 11 is 0. The summed E-state index contributed by atoms with van der Waals surface area (Å²) in [6.07, 6.45) is 4.94. The number of likely N-dealkylation sites (N-methyl/N-ethyl adjacent to an activating group) is 1. The lowest BCUT2D eigenvalue weighted by Gasteiger charge is -2.24. The molecule has 0 radical (unpaired) electrons. The van der Waals surface area contributed by atoms with E-state index in [0.29, 0.717) is 57.2 Å². The van der Waals surface area contributed by atoms with Crippen LogP contribution in [0.15, 0.2) is 23.1 Å². The van der Waals surface area contributed by atoms with Crippen LogP contribution >= 0.6 is 0 Å². The Morgan fingerprint density at radius 2 is 1.93 bits per heavy atom. The van der Waals surface area contributed by atoms with Gasteiger partial charge in [0.25, 0.3) is 0 Å². The van der Waals surface area contributed by atoms with Crippen LogP contribution in [0.3, 0.4) is 0 Å². The number of unbranched alkanes of at least 4 members (excludes halogenated alkanes) is 2. The molecule has 1 amide bonds. The molecule has 3 rings (SSSR count). The van der Waals surface area contributed by atoms with E-state index in [0.717, 1.165) is 32.3 Å². The highest BCUT2D eigenvalue weighted by molar-refractivity contribution is 7.89. The van der Waals surface area contributed by atoms with Gasteiger partial charge in [0, 0.05) is 38.7 Å². The van der Waals surface area contributed by atoms with Crippen LogP contribution in [-0.2, 0) is 19.6 Å². The molecule has 0 bridgehead atoms. The van der Waals surface area contributed by atoms with E-state index in [1.54, 1.807) is 6.07 Å². The highest BCUT2D eigenvalue weighted by Crippen LogP contribution is 2.32. The van der Waals surface area contributed by atoms with Gasteiger partial charge in [-0.3, -0.25) is 4.79 Å². The quantitative estimate of drug-likeness (QED) is 0.531. The Morgan fingerprint density at radius 1 is 1.13 bits per heavy atom. The second-order valence-corrected chi connectivity index (χ2v) is 9.35. The van der Waals surface area contributed by atoms with Crippen molar-refractivity contribution in [1.82, 2.24) is 9.62 Å². The average molecular weight is 441 g/mol. The standard InChI is InChI=1S/C21H32N2O6S/c1-2-23(16-17-7-6-12-27-17)21(24)8-4-3-5-11-22-30(25,26)18-9-10-19-20(15-18)29-14-13-28-19/h9-10,15,17,22H,2-8,11-14,16H2,1H3. The molecule has 2 heterocycles. The first-order valence-electron chi connectivity index (χ1n) is 10.8. The van der Waals surface area contributed by atoms with Crippen molar-refractivity contribution in [2.45, 2.75) is 56.4 Å². The first-order valence-corrected chi connectivity index (χ1v) is 12.3. The van der Waals surface area contributed by atoms with E-state index in [-0.39, 0.29) is 16.9 Å². The third kappa shape index (κ3) is 6.33. The molecule has 8 nitrogen and oxygen atoms in total. The van der Waals surface area contributed by atoms with Gasteiger partial charge in [-0.15, -0.1) is 0 Å². The van der Waals surface area contributed by atoms with Gasteiger partial charge in [0.2, 0.25) is 15.9 Å². The number of nitrogens with zero attached hydrogens (tertiary/aromatic N) is 1. The molecule has 0 aromatic heterocycles. The second kappa shape index (κ2) is 11.0. The first kappa shape index (κ1) is 22.8. The molecule has 1 unspecified atom stereocenters. The molecule has 0 aliphatic carbocycles. The number of hydrogen-bond acceptors (Lipinski definition) is 6. The third-order valence-corrected chi connectivity index (χ3v) is 6.82. The number of hydrogen-bond donors (Lipinski definition) is 1. The van der Waals surface area contributed by atoms with Crippen LogP contribution in [0.1, 0.15) is 45.4 Å². The number of rotatable bonds is 11. The van der Waals surface area contributed by atoms with Crippen LogP contribution in [0, 0.1) is 0 Å². The van der Waals surface area contributed by atoms with Crippen LogP contribution < -0.4 is 14.2 Å². The summed E-state index contributed by atoms with van der Waals surface area (Å²) in [5.41, 5.74) is 0. The molecule has 2 aliphatic heterocycles. The predicted molar refractivity (Wildman–Crippen MR) is 112 cm³/mol. The SMILES string of the molecule is CCN(CC1CCCO1)C(=O)CCCCCNS(=O)(=O)c1ccc2c(c1)OCCO2. The van der Waals surface area contributed by atoms with Crippen molar-refractivity contribution in [2.24, 2.45) is 0 Å². The third-order valence-electron chi connectivity index (χ3n) is 5.37. The lowest BCUT2D eigenvalue weighted by Crippen LogP contribution is -2.37. The lowest BCUT2D eigenvalue weighted by molar-refractivity contribution is -0.132. The molecule has 1 atom stereocenters. The number of carbonyl (C=O) groups is 1. The largest absolute Gasteiger partial charge is 0.486 e. The molecule has 1 saturated heterocycles. The van der Waals surface area contributed by atoms with Crippen LogP contribution in [0.5, 0.6) is 11.5 Å². The van der Waals surface area contributed by atoms with Gasteiger partial charge in [-0.2, -0.15) is 0 Å². The van der Waals surface area contributed by atoms with Crippen LogP contribution in [-0.4, -0.2) is 64.8 Å². The molecule has 2 aliphatic rings. The molecular formula is C21H32N2O6S. The van der Waals surface area contributed by atoms with E-state index in [2.05, 4.69) is 4.72 Å². The fraction of sp³-hybridized carbons (Fsp3) is 0.667. The number of benzene rings is 1. The zero-order chi connectivity index (χ0) is 21.4. The van der Waals surface area contributed by atoms with E-state index in [9.17, 15) is 13.2 Å². The molecule has 0 spiro atoms. The molecule has 30 heavy (non-hydrogen) atoms. The minimum Gasteiger partial charge on any atom is -0.486 e. The topological polar surface area (TPSA) is 94.2 Å². The fourth-order valence-electron chi connectivity index (χ4n) is 3.66. The maximum absolute atomic E-state index is 12.5. The highest BCUT2D eigenvalue weighted by atomic mass is 32.2. The molecule has 1 N–H and O–H groups in total. The smallest absolute Gasteiger partial charge is 0.240 e. The minimum atomic E-state index is -3.60. The summed E-state index contributed by atoms with van der Waals surface area (Å²) in [5.74, 6) is 1.15. The minimum absolute atomic E-state index is 0.143. The summed E-state index contributed by atoms with van der Waals surface area (Å²) in [7, 11) is -3.60. The lowest BCUT2D eigenvalue weighted by atomic mass is 10.1. The molecule has 0 saturated carbocycles. The molecule has 1 aromatic carbocycles. The Hall–Kier alpha value is -1.84. The van der Waals surface area contributed by atoms with Gasteiger partial charge in [0.1, 0.15) is 13.2 Å². The van der Waals surface area contributed by atoms with E-state index in [4.69, 9.17) is 14.2 Å². The van der Waals surface area contributed by atoms with Crippen molar-refractivity contribution in [3.05, 3.63) is 18.2 Å². The zero-order valence-corrected chi connectivity index (χ0v) is 18.4. The summed E-state index contributed by atoms with van der Waals surface area (Å²) in [5, 5.41) is 0.